The molecule has 5 heteroatoms. The minimum absolute atomic E-state index is 0.264. The largest absolute Gasteiger partial charge is 0.478 e. The van der Waals surface area contributed by atoms with E-state index in [0.717, 1.165) is 4.88 Å². The van der Waals surface area contributed by atoms with E-state index < -0.39 is 5.97 Å². The highest BCUT2D eigenvalue weighted by Crippen LogP contribution is 2.13. The lowest BCUT2D eigenvalue weighted by Gasteiger charge is -1.89. The van der Waals surface area contributed by atoms with Crippen LogP contribution in [0.15, 0.2) is 11.4 Å². The fourth-order valence-corrected chi connectivity index (χ4v) is 1.45. The molecule has 0 fully saturated rings. The van der Waals surface area contributed by atoms with Crippen molar-refractivity contribution in [3.63, 3.8) is 0 Å². The predicted molar refractivity (Wildman–Crippen MR) is 39.9 cm³/mol. The van der Waals surface area contributed by atoms with Crippen LogP contribution in [0, 0.1) is 0 Å². The standard InChI is InChI=1S/C6H7NO3S/c8-6(9)4-1-5(2-7-10)11-3-4/h1,3,7,10H,2H2,(H,8,9). The molecule has 0 radical (unpaired) electrons. The lowest BCUT2D eigenvalue weighted by atomic mass is 10.3. The molecule has 0 atom stereocenters. The van der Waals surface area contributed by atoms with Crippen molar-refractivity contribution in [3.05, 3.63) is 21.9 Å². The van der Waals surface area contributed by atoms with Crippen LogP contribution in [-0.2, 0) is 6.54 Å². The van der Waals surface area contributed by atoms with E-state index in [1.54, 1.807) is 0 Å². The van der Waals surface area contributed by atoms with Crippen molar-refractivity contribution in [2.24, 2.45) is 0 Å². The Labute approximate surface area is 67.1 Å². The summed E-state index contributed by atoms with van der Waals surface area (Å²) < 4.78 is 0. The number of rotatable bonds is 3. The highest BCUT2D eigenvalue weighted by Gasteiger charge is 2.04. The van der Waals surface area contributed by atoms with E-state index in [9.17, 15) is 4.79 Å². The van der Waals surface area contributed by atoms with Gasteiger partial charge < -0.3 is 10.3 Å². The van der Waals surface area contributed by atoms with Gasteiger partial charge in [-0.2, -0.15) is 0 Å². The van der Waals surface area contributed by atoms with Gasteiger partial charge in [-0.3, -0.25) is 0 Å². The van der Waals surface area contributed by atoms with Crippen molar-refractivity contribution in [2.45, 2.75) is 6.54 Å². The number of carboxylic acids is 1. The fourth-order valence-electron chi connectivity index (χ4n) is 0.663. The van der Waals surface area contributed by atoms with Gasteiger partial charge in [0.15, 0.2) is 0 Å². The zero-order valence-corrected chi connectivity index (χ0v) is 6.39. The van der Waals surface area contributed by atoms with Crippen LogP contribution in [0.3, 0.4) is 0 Å². The predicted octanol–water partition coefficient (Wildman–Crippen LogP) is 0.925. The Morgan fingerprint density at radius 3 is 2.91 bits per heavy atom. The molecule has 1 heterocycles. The van der Waals surface area contributed by atoms with E-state index in [-0.39, 0.29) is 12.1 Å². The van der Waals surface area contributed by atoms with Crippen LogP contribution in [0.1, 0.15) is 15.2 Å². The molecule has 0 saturated heterocycles. The van der Waals surface area contributed by atoms with Gasteiger partial charge in [-0.1, -0.05) is 0 Å². The molecule has 0 saturated carbocycles. The molecule has 4 nitrogen and oxygen atoms in total. The SMILES string of the molecule is O=C(O)c1csc(CNO)c1. The number of aromatic carboxylic acids is 1. The summed E-state index contributed by atoms with van der Waals surface area (Å²) in [5, 5.41) is 18.3. The monoisotopic (exact) mass is 173 g/mol. The summed E-state index contributed by atoms with van der Waals surface area (Å²) in [6.07, 6.45) is 0. The first-order chi connectivity index (χ1) is 5.24. The molecule has 3 N–H and O–H groups in total. The van der Waals surface area contributed by atoms with Crippen molar-refractivity contribution >= 4 is 17.3 Å². The normalized spacial score (nSPS) is 9.91. The molecular weight excluding hydrogens is 166 g/mol. The Morgan fingerprint density at radius 1 is 1.73 bits per heavy atom. The Kier molecular flexibility index (Phi) is 2.58. The van der Waals surface area contributed by atoms with E-state index in [2.05, 4.69) is 0 Å². The number of carboxylic acid groups (broad SMARTS) is 1. The highest BCUT2D eigenvalue weighted by molar-refractivity contribution is 7.10. The van der Waals surface area contributed by atoms with Crippen molar-refractivity contribution in [2.75, 3.05) is 0 Å². The molecule has 60 valence electrons. The van der Waals surface area contributed by atoms with Crippen LogP contribution in [0.2, 0.25) is 0 Å². The molecule has 0 aliphatic rings. The number of hydrogen-bond acceptors (Lipinski definition) is 4. The highest BCUT2D eigenvalue weighted by atomic mass is 32.1. The summed E-state index contributed by atoms with van der Waals surface area (Å²) in [6, 6.07) is 1.52. The maximum Gasteiger partial charge on any atom is 0.336 e. The van der Waals surface area contributed by atoms with Gasteiger partial charge >= 0.3 is 5.97 Å². The van der Waals surface area contributed by atoms with Crippen LogP contribution in [-0.4, -0.2) is 16.3 Å². The second-order valence-electron chi connectivity index (χ2n) is 1.94. The van der Waals surface area contributed by atoms with Gasteiger partial charge in [0.05, 0.1) is 12.1 Å². The number of hydroxylamine groups is 1. The molecule has 1 aromatic rings. The molecule has 0 amide bonds. The van der Waals surface area contributed by atoms with Crippen LogP contribution in [0.4, 0.5) is 0 Å². The Balaban J connectivity index is 2.73. The molecule has 0 aromatic carbocycles. The summed E-state index contributed by atoms with van der Waals surface area (Å²) in [4.78, 5) is 11.1. The van der Waals surface area contributed by atoms with Crippen molar-refractivity contribution in [3.8, 4) is 0 Å². The quantitative estimate of drug-likeness (QED) is 0.594. The molecule has 11 heavy (non-hydrogen) atoms. The lowest BCUT2D eigenvalue weighted by Crippen LogP contribution is -2.04. The molecule has 0 bridgehead atoms. The van der Waals surface area contributed by atoms with Crippen LogP contribution < -0.4 is 5.48 Å². The third-order valence-electron chi connectivity index (χ3n) is 1.15. The number of hydrogen-bond donors (Lipinski definition) is 3. The van der Waals surface area contributed by atoms with E-state index >= 15 is 0 Å². The molecular formula is C6H7NO3S. The van der Waals surface area contributed by atoms with Crippen molar-refractivity contribution in [1.29, 1.82) is 0 Å². The summed E-state index contributed by atoms with van der Waals surface area (Å²) in [5.41, 5.74) is 2.22. The Bertz CT molecular complexity index is 258. The Morgan fingerprint density at radius 2 is 2.45 bits per heavy atom. The van der Waals surface area contributed by atoms with Gasteiger partial charge in [0.1, 0.15) is 0 Å². The topological polar surface area (TPSA) is 69.6 Å². The van der Waals surface area contributed by atoms with Crippen LogP contribution in [0.25, 0.3) is 0 Å². The summed E-state index contributed by atoms with van der Waals surface area (Å²) >= 11 is 1.30. The van der Waals surface area contributed by atoms with Crippen LogP contribution >= 0.6 is 11.3 Å². The molecule has 0 aliphatic carbocycles. The zero-order valence-electron chi connectivity index (χ0n) is 5.57. The van der Waals surface area contributed by atoms with Crippen molar-refractivity contribution < 1.29 is 15.1 Å². The number of carbonyl (C=O) groups is 1. The maximum atomic E-state index is 10.3. The minimum Gasteiger partial charge on any atom is -0.478 e. The molecule has 0 unspecified atom stereocenters. The lowest BCUT2D eigenvalue weighted by molar-refractivity contribution is 0.0697. The van der Waals surface area contributed by atoms with Crippen LogP contribution in [0.5, 0.6) is 0 Å². The average Bonchev–Trinajstić information content (AvgIpc) is 2.37. The van der Waals surface area contributed by atoms with Crippen molar-refractivity contribution in [1.82, 2.24) is 5.48 Å². The molecule has 1 aromatic heterocycles. The van der Waals surface area contributed by atoms with E-state index in [1.807, 2.05) is 5.48 Å². The first kappa shape index (κ1) is 8.19. The van der Waals surface area contributed by atoms with Gasteiger partial charge in [0.25, 0.3) is 0 Å². The minimum atomic E-state index is -0.939. The van der Waals surface area contributed by atoms with Gasteiger partial charge in [-0.15, -0.1) is 11.3 Å². The number of nitrogens with one attached hydrogen (secondary N) is 1. The third kappa shape index (κ3) is 2.01. The van der Waals surface area contributed by atoms with Gasteiger partial charge in [-0.05, 0) is 6.07 Å². The first-order valence-electron chi connectivity index (χ1n) is 2.91. The summed E-state index contributed by atoms with van der Waals surface area (Å²) in [6.45, 7) is 0.290. The van der Waals surface area contributed by atoms with E-state index in [1.165, 1.54) is 22.8 Å². The second kappa shape index (κ2) is 3.47. The fraction of sp³-hybridized carbons (Fsp3) is 0.167. The van der Waals surface area contributed by atoms with Gasteiger partial charge in [-0.25, -0.2) is 10.3 Å². The van der Waals surface area contributed by atoms with Gasteiger partial charge in [0.2, 0.25) is 0 Å². The average molecular weight is 173 g/mol. The zero-order chi connectivity index (χ0) is 8.27. The smallest absolute Gasteiger partial charge is 0.336 e. The maximum absolute atomic E-state index is 10.3. The molecule has 0 aliphatic heterocycles. The molecule has 1 rings (SSSR count). The third-order valence-corrected chi connectivity index (χ3v) is 2.09. The van der Waals surface area contributed by atoms with E-state index in [0.29, 0.717) is 0 Å². The summed E-state index contributed by atoms with van der Waals surface area (Å²) in [7, 11) is 0. The van der Waals surface area contributed by atoms with E-state index in [4.69, 9.17) is 10.3 Å². The number of thiophene rings is 1. The second-order valence-corrected chi connectivity index (χ2v) is 2.94. The first-order valence-corrected chi connectivity index (χ1v) is 3.79. The Hall–Kier alpha value is -0.910. The summed E-state index contributed by atoms with van der Waals surface area (Å²) in [5.74, 6) is -0.939. The molecule has 0 spiro atoms. The van der Waals surface area contributed by atoms with Gasteiger partial charge in [0, 0.05) is 10.3 Å².